The van der Waals surface area contributed by atoms with Gasteiger partial charge in [0.1, 0.15) is 0 Å². The first-order valence-electron chi connectivity index (χ1n) is 8.60. The Morgan fingerprint density at radius 3 is 2.70 bits per heavy atom. The highest BCUT2D eigenvalue weighted by molar-refractivity contribution is 5.94. The molecule has 1 aromatic heterocycles. The zero-order valence-electron chi connectivity index (χ0n) is 15.4. The molecule has 0 bridgehead atoms. The highest BCUT2D eigenvalue weighted by Crippen LogP contribution is 2.19. The van der Waals surface area contributed by atoms with Crippen molar-refractivity contribution in [2.75, 3.05) is 33.7 Å². The largest absolute Gasteiger partial charge is 0.332 e. The maximum atomic E-state index is 13.5. The molecule has 0 unspecified atom stereocenters. The van der Waals surface area contributed by atoms with Gasteiger partial charge in [0.2, 0.25) is 0 Å². The predicted molar refractivity (Wildman–Crippen MR) is 101 cm³/mol. The molecule has 0 saturated heterocycles. The van der Waals surface area contributed by atoms with Crippen LogP contribution in [0.3, 0.4) is 0 Å². The minimum Gasteiger partial charge on any atom is -0.332 e. The van der Waals surface area contributed by atoms with E-state index in [4.69, 9.17) is 0 Å². The Balaban J connectivity index is 0.00000261. The fraction of sp³-hybridized carbons (Fsp3) is 0.444. The lowest BCUT2D eigenvalue weighted by Gasteiger charge is -2.25. The van der Waals surface area contributed by atoms with E-state index in [1.165, 1.54) is 6.07 Å². The number of nitrogens with zero attached hydrogens (tertiary/aromatic N) is 3. The highest BCUT2D eigenvalue weighted by atomic mass is 35.5. The standard InChI is InChI=1S/C18H23F2N5O.ClH/c1-24(2)7-8-25(11-12-3-4-14(19)15(20)9-12)18(26)17-13-10-21-6-5-16(13)22-23-17;/h3-4,9,21H,5-8,10-11H2,1-2H3,(H,22,23);1H. The molecule has 0 saturated carbocycles. The fourth-order valence-electron chi connectivity index (χ4n) is 2.98. The third-order valence-electron chi connectivity index (χ3n) is 4.47. The Labute approximate surface area is 163 Å². The summed E-state index contributed by atoms with van der Waals surface area (Å²) in [6, 6.07) is 3.71. The Hall–Kier alpha value is -2.03. The van der Waals surface area contributed by atoms with Crippen LogP contribution in [0.5, 0.6) is 0 Å². The van der Waals surface area contributed by atoms with E-state index in [0.717, 1.165) is 36.4 Å². The molecule has 148 valence electrons. The number of nitrogens with one attached hydrogen (secondary N) is 2. The number of amides is 1. The van der Waals surface area contributed by atoms with Crippen molar-refractivity contribution >= 4 is 18.3 Å². The maximum absolute atomic E-state index is 13.5. The van der Waals surface area contributed by atoms with Gasteiger partial charge in [0.15, 0.2) is 17.3 Å². The Bertz CT molecular complexity index is 796. The van der Waals surface area contributed by atoms with Crippen molar-refractivity contribution in [2.45, 2.75) is 19.5 Å². The molecule has 27 heavy (non-hydrogen) atoms. The summed E-state index contributed by atoms with van der Waals surface area (Å²) in [6.07, 6.45) is 0.802. The van der Waals surface area contributed by atoms with Crippen LogP contribution in [0.25, 0.3) is 0 Å². The topological polar surface area (TPSA) is 64.3 Å². The van der Waals surface area contributed by atoms with E-state index < -0.39 is 11.6 Å². The van der Waals surface area contributed by atoms with Crippen molar-refractivity contribution in [3.05, 3.63) is 52.3 Å². The first-order valence-corrected chi connectivity index (χ1v) is 8.60. The van der Waals surface area contributed by atoms with Crippen LogP contribution < -0.4 is 5.32 Å². The molecule has 2 aromatic rings. The fourth-order valence-corrected chi connectivity index (χ4v) is 2.98. The third kappa shape index (κ3) is 5.03. The van der Waals surface area contributed by atoms with Gasteiger partial charge >= 0.3 is 0 Å². The maximum Gasteiger partial charge on any atom is 0.275 e. The highest BCUT2D eigenvalue weighted by Gasteiger charge is 2.26. The number of fused-ring (bicyclic) bond motifs is 1. The molecule has 2 N–H and O–H groups in total. The van der Waals surface area contributed by atoms with E-state index >= 15 is 0 Å². The second kappa shape index (κ2) is 9.25. The number of carbonyl (C=O) groups is 1. The molecule has 1 aromatic carbocycles. The lowest BCUT2D eigenvalue weighted by Crippen LogP contribution is -2.37. The summed E-state index contributed by atoms with van der Waals surface area (Å²) in [5.41, 5.74) is 2.81. The summed E-state index contributed by atoms with van der Waals surface area (Å²) in [5.74, 6) is -2.02. The molecule has 6 nitrogen and oxygen atoms in total. The lowest BCUT2D eigenvalue weighted by molar-refractivity contribution is 0.0724. The van der Waals surface area contributed by atoms with Crippen LogP contribution in [-0.4, -0.2) is 59.6 Å². The molecule has 0 radical (unpaired) electrons. The minimum atomic E-state index is -0.913. The first kappa shape index (κ1) is 21.3. The molecule has 1 aliphatic heterocycles. The van der Waals surface area contributed by atoms with E-state index in [-0.39, 0.29) is 24.9 Å². The van der Waals surface area contributed by atoms with Gasteiger partial charge in [0, 0.05) is 50.4 Å². The van der Waals surface area contributed by atoms with Gasteiger partial charge in [-0.2, -0.15) is 5.10 Å². The van der Waals surface area contributed by atoms with Gasteiger partial charge in [-0.1, -0.05) is 6.07 Å². The van der Waals surface area contributed by atoms with Crippen LogP contribution in [0.15, 0.2) is 18.2 Å². The number of hydrogen-bond donors (Lipinski definition) is 2. The van der Waals surface area contributed by atoms with Crippen molar-refractivity contribution in [1.29, 1.82) is 0 Å². The number of benzene rings is 1. The number of aromatic amines is 1. The second-order valence-electron chi connectivity index (χ2n) is 6.73. The zero-order valence-corrected chi connectivity index (χ0v) is 16.2. The molecule has 9 heteroatoms. The van der Waals surface area contributed by atoms with Crippen molar-refractivity contribution in [3.63, 3.8) is 0 Å². The molecule has 2 heterocycles. The molecule has 0 aliphatic carbocycles. The monoisotopic (exact) mass is 399 g/mol. The van der Waals surface area contributed by atoms with Gasteiger partial charge in [-0.3, -0.25) is 9.89 Å². The van der Waals surface area contributed by atoms with Gasteiger partial charge in [-0.15, -0.1) is 12.4 Å². The quantitative estimate of drug-likeness (QED) is 0.779. The summed E-state index contributed by atoms with van der Waals surface area (Å²) in [7, 11) is 3.83. The van der Waals surface area contributed by atoms with Crippen molar-refractivity contribution < 1.29 is 13.6 Å². The number of aromatic nitrogens is 2. The van der Waals surface area contributed by atoms with Crippen molar-refractivity contribution in [1.82, 2.24) is 25.3 Å². The second-order valence-corrected chi connectivity index (χ2v) is 6.73. The molecule has 0 atom stereocenters. The number of carbonyl (C=O) groups excluding carboxylic acids is 1. The van der Waals surface area contributed by atoms with Crippen LogP contribution in [0, 0.1) is 11.6 Å². The summed E-state index contributed by atoms with van der Waals surface area (Å²) >= 11 is 0. The number of H-pyrrole nitrogens is 1. The molecule has 1 amide bonds. The number of rotatable bonds is 6. The SMILES string of the molecule is CN(C)CCN(Cc1ccc(F)c(F)c1)C(=O)c1n[nH]c2c1CNCC2.Cl. The van der Waals surface area contributed by atoms with Crippen molar-refractivity contribution in [3.8, 4) is 0 Å². The Kier molecular flexibility index (Phi) is 7.29. The van der Waals surface area contributed by atoms with Gasteiger partial charge in [-0.25, -0.2) is 8.78 Å². The summed E-state index contributed by atoms with van der Waals surface area (Å²) < 4.78 is 26.7. The van der Waals surface area contributed by atoms with Crippen LogP contribution in [0.2, 0.25) is 0 Å². The van der Waals surface area contributed by atoms with Gasteiger partial charge in [-0.05, 0) is 31.8 Å². The van der Waals surface area contributed by atoms with Crippen LogP contribution in [0.4, 0.5) is 8.78 Å². The number of likely N-dealkylation sites (N-methyl/N-ethyl adjacent to an activating group) is 1. The Morgan fingerprint density at radius 1 is 1.22 bits per heavy atom. The summed E-state index contributed by atoms with van der Waals surface area (Å²) in [4.78, 5) is 16.7. The minimum absolute atomic E-state index is 0. The smallest absolute Gasteiger partial charge is 0.275 e. The zero-order chi connectivity index (χ0) is 18.7. The summed E-state index contributed by atoms with van der Waals surface area (Å²) in [5, 5.41) is 10.4. The lowest BCUT2D eigenvalue weighted by atomic mass is 10.1. The molecular weight excluding hydrogens is 376 g/mol. The summed E-state index contributed by atoms with van der Waals surface area (Å²) in [6.45, 7) is 2.75. The average molecular weight is 400 g/mol. The van der Waals surface area contributed by atoms with E-state index in [1.54, 1.807) is 4.90 Å². The van der Waals surface area contributed by atoms with Crippen LogP contribution >= 0.6 is 12.4 Å². The van der Waals surface area contributed by atoms with E-state index in [1.807, 2.05) is 19.0 Å². The first-order chi connectivity index (χ1) is 12.5. The number of hydrogen-bond acceptors (Lipinski definition) is 4. The predicted octanol–water partition coefficient (Wildman–Crippen LogP) is 1.96. The van der Waals surface area contributed by atoms with E-state index in [0.29, 0.717) is 30.9 Å². The van der Waals surface area contributed by atoms with Gasteiger partial charge in [0.05, 0.1) is 0 Å². The normalized spacial score (nSPS) is 13.2. The molecule has 0 spiro atoms. The third-order valence-corrected chi connectivity index (χ3v) is 4.47. The van der Waals surface area contributed by atoms with Gasteiger partial charge in [0.25, 0.3) is 5.91 Å². The van der Waals surface area contributed by atoms with Gasteiger partial charge < -0.3 is 15.1 Å². The van der Waals surface area contributed by atoms with Crippen molar-refractivity contribution in [2.24, 2.45) is 0 Å². The van der Waals surface area contributed by atoms with Crippen LogP contribution in [0.1, 0.15) is 27.3 Å². The molecular formula is C18H24ClF2N5O. The van der Waals surface area contributed by atoms with E-state index in [2.05, 4.69) is 15.5 Å². The van der Waals surface area contributed by atoms with Crippen LogP contribution in [-0.2, 0) is 19.5 Å². The molecule has 0 fully saturated rings. The average Bonchev–Trinajstić information content (AvgIpc) is 3.05. The molecule has 3 rings (SSSR count). The van der Waals surface area contributed by atoms with E-state index in [9.17, 15) is 13.6 Å². The number of halogens is 3. The Morgan fingerprint density at radius 2 is 2.00 bits per heavy atom. The molecule has 1 aliphatic rings.